The Labute approximate surface area is 198 Å². The summed E-state index contributed by atoms with van der Waals surface area (Å²) in [5.74, 6) is -0.363. The number of hydrogen-bond donors (Lipinski definition) is 1. The van der Waals surface area contributed by atoms with Gasteiger partial charge in [-0.1, -0.05) is 6.07 Å². The van der Waals surface area contributed by atoms with E-state index in [9.17, 15) is 18.0 Å². The lowest BCUT2D eigenvalue weighted by Crippen LogP contribution is -2.48. The van der Waals surface area contributed by atoms with Crippen molar-refractivity contribution in [1.29, 1.82) is 0 Å². The molecular weight excluding hydrogens is 456 g/mol. The highest BCUT2D eigenvalue weighted by Crippen LogP contribution is 2.22. The Morgan fingerprint density at radius 3 is 2.32 bits per heavy atom. The predicted molar refractivity (Wildman–Crippen MR) is 126 cm³/mol. The summed E-state index contributed by atoms with van der Waals surface area (Å²) < 4.78 is 34.9. The normalized spacial score (nSPS) is 19.0. The molecule has 2 atom stereocenters. The van der Waals surface area contributed by atoms with E-state index in [1.54, 1.807) is 60.4 Å². The summed E-state index contributed by atoms with van der Waals surface area (Å²) >= 11 is 0. The molecule has 0 unspecified atom stereocenters. The van der Waals surface area contributed by atoms with Crippen LogP contribution >= 0.6 is 0 Å². The van der Waals surface area contributed by atoms with Gasteiger partial charge in [-0.3, -0.25) is 9.59 Å². The summed E-state index contributed by atoms with van der Waals surface area (Å²) in [7, 11) is -2.03. The minimum absolute atomic E-state index is 0.0532. The summed E-state index contributed by atoms with van der Waals surface area (Å²) in [6, 6.07) is 12.4. The molecule has 1 saturated heterocycles. The summed E-state index contributed by atoms with van der Waals surface area (Å²) in [6.07, 6.45) is 2.82. The van der Waals surface area contributed by atoms with Gasteiger partial charge in [0.2, 0.25) is 15.8 Å². The van der Waals surface area contributed by atoms with E-state index in [0.29, 0.717) is 17.1 Å². The molecule has 2 aromatic carbocycles. The van der Waals surface area contributed by atoms with E-state index in [-0.39, 0.29) is 41.5 Å². The zero-order valence-corrected chi connectivity index (χ0v) is 20.0. The molecule has 1 fully saturated rings. The SMILES string of the molecule is C[C@@H]1CN(S(=O)(=O)c2cccc(C(=O)Nc3ccc(C(=O)c4nccn4C)cc3)c2)C[C@H](C)O1. The number of nitrogens with zero attached hydrogens (tertiary/aromatic N) is 3. The van der Waals surface area contributed by atoms with Crippen molar-refractivity contribution in [3.8, 4) is 0 Å². The van der Waals surface area contributed by atoms with Crippen LogP contribution in [0.2, 0.25) is 0 Å². The summed E-state index contributed by atoms with van der Waals surface area (Å²) in [6.45, 7) is 4.17. The van der Waals surface area contributed by atoms with Gasteiger partial charge in [0.25, 0.3) is 5.91 Å². The van der Waals surface area contributed by atoms with Crippen molar-refractivity contribution in [2.75, 3.05) is 18.4 Å². The number of anilines is 1. The average Bonchev–Trinajstić information content (AvgIpc) is 3.24. The number of sulfonamides is 1. The molecule has 1 aliphatic rings. The first-order valence-corrected chi connectivity index (χ1v) is 12.3. The molecule has 0 saturated carbocycles. The maximum Gasteiger partial charge on any atom is 0.255 e. The molecule has 1 aromatic heterocycles. The lowest BCUT2D eigenvalue weighted by atomic mass is 10.1. The molecule has 0 spiro atoms. The van der Waals surface area contributed by atoms with Crippen LogP contribution in [0.15, 0.2) is 65.8 Å². The maximum absolute atomic E-state index is 13.1. The number of rotatable bonds is 6. The molecule has 10 heteroatoms. The van der Waals surface area contributed by atoms with E-state index in [1.165, 1.54) is 16.4 Å². The molecule has 9 nitrogen and oxygen atoms in total. The summed E-state index contributed by atoms with van der Waals surface area (Å²) in [5, 5.41) is 2.74. The number of imidazole rings is 1. The van der Waals surface area contributed by atoms with Crippen LogP contribution < -0.4 is 5.32 Å². The van der Waals surface area contributed by atoms with Gasteiger partial charge in [-0.2, -0.15) is 4.31 Å². The molecule has 4 rings (SSSR count). The Bertz CT molecular complexity index is 1310. The Kier molecular flexibility index (Phi) is 6.65. The van der Waals surface area contributed by atoms with Crippen molar-refractivity contribution in [1.82, 2.24) is 13.9 Å². The minimum atomic E-state index is -3.77. The van der Waals surface area contributed by atoms with Crippen LogP contribution in [0.4, 0.5) is 5.69 Å². The largest absolute Gasteiger partial charge is 0.373 e. The number of ether oxygens (including phenoxy) is 1. The number of carbonyl (C=O) groups excluding carboxylic acids is 2. The number of amides is 1. The number of ketones is 1. The molecule has 2 heterocycles. The quantitative estimate of drug-likeness (QED) is 0.541. The molecule has 3 aromatic rings. The molecule has 0 bridgehead atoms. The van der Waals surface area contributed by atoms with Gasteiger partial charge in [0.05, 0.1) is 17.1 Å². The van der Waals surface area contributed by atoms with Crippen LogP contribution in [-0.4, -0.2) is 59.3 Å². The van der Waals surface area contributed by atoms with Crippen molar-refractivity contribution >= 4 is 27.4 Å². The topological polar surface area (TPSA) is 111 Å². The third-order valence-corrected chi connectivity index (χ3v) is 7.38. The second-order valence-corrected chi connectivity index (χ2v) is 10.3. The fraction of sp³-hybridized carbons (Fsp3) is 0.292. The van der Waals surface area contributed by atoms with Crippen LogP contribution in [0.1, 0.15) is 40.4 Å². The highest BCUT2D eigenvalue weighted by Gasteiger charge is 2.32. The van der Waals surface area contributed by atoms with E-state index < -0.39 is 15.9 Å². The third-order valence-electron chi connectivity index (χ3n) is 5.55. The van der Waals surface area contributed by atoms with Gasteiger partial charge in [-0.05, 0) is 56.3 Å². The molecule has 0 aliphatic carbocycles. The molecule has 34 heavy (non-hydrogen) atoms. The van der Waals surface area contributed by atoms with Gasteiger partial charge >= 0.3 is 0 Å². The molecular formula is C24H26N4O5S. The molecule has 178 valence electrons. The lowest BCUT2D eigenvalue weighted by Gasteiger charge is -2.34. The third kappa shape index (κ3) is 4.93. The zero-order valence-electron chi connectivity index (χ0n) is 19.1. The van der Waals surface area contributed by atoms with E-state index in [0.717, 1.165) is 0 Å². The number of hydrogen-bond acceptors (Lipinski definition) is 6. The highest BCUT2D eigenvalue weighted by molar-refractivity contribution is 7.89. The molecule has 1 N–H and O–H groups in total. The van der Waals surface area contributed by atoms with Gasteiger partial charge in [0.15, 0.2) is 5.82 Å². The first-order chi connectivity index (χ1) is 16.1. The fourth-order valence-electron chi connectivity index (χ4n) is 3.90. The van der Waals surface area contributed by atoms with E-state index in [1.807, 2.05) is 13.8 Å². The Morgan fingerprint density at radius 2 is 1.71 bits per heavy atom. The van der Waals surface area contributed by atoms with Crippen molar-refractivity contribution in [2.24, 2.45) is 7.05 Å². The second kappa shape index (κ2) is 9.49. The maximum atomic E-state index is 13.1. The van der Waals surface area contributed by atoms with E-state index in [4.69, 9.17) is 4.74 Å². The Hall–Kier alpha value is -3.34. The number of morpholine rings is 1. The van der Waals surface area contributed by atoms with Crippen molar-refractivity contribution in [2.45, 2.75) is 31.0 Å². The van der Waals surface area contributed by atoms with Gasteiger partial charge in [-0.25, -0.2) is 13.4 Å². The molecule has 0 radical (unpaired) electrons. The lowest BCUT2D eigenvalue weighted by molar-refractivity contribution is -0.0440. The molecule has 1 aliphatic heterocycles. The Morgan fingerprint density at radius 1 is 1.03 bits per heavy atom. The minimum Gasteiger partial charge on any atom is -0.373 e. The van der Waals surface area contributed by atoms with Gasteiger partial charge < -0.3 is 14.6 Å². The number of aryl methyl sites for hydroxylation is 1. The number of nitrogens with one attached hydrogen (secondary N) is 1. The average molecular weight is 483 g/mol. The van der Waals surface area contributed by atoms with Crippen LogP contribution in [-0.2, 0) is 21.8 Å². The molecule has 1 amide bonds. The van der Waals surface area contributed by atoms with Crippen LogP contribution in [0.25, 0.3) is 0 Å². The summed E-state index contributed by atoms with van der Waals surface area (Å²) in [5.41, 5.74) is 1.13. The first kappa shape index (κ1) is 23.8. The van der Waals surface area contributed by atoms with Crippen molar-refractivity contribution in [3.05, 3.63) is 77.9 Å². The number of benzene rings is 2. The zero-order chi connectivity index (χ0) is 24.5. The highest BCUT2D eigenvalue weighted by atomic mass is 32.2. The number of carbonyl (C=O) groups is 2. The van der Waals surface area contributed by atoms with Crippen LogP contribution in [0.3, 0.4) is 0 Å². The van der Waals surface area contributed by atoms with Crippen LogP contribution in [0, 0.1) is 0 Å². The first-order valence-electron chi connectivity index (χ1n) is 10.8. The van der Waals surface area contributed by atoms with Crippen molar-refractivity contribution in [3.63, 3.8) is 0 Å². The Balaban J connectivity index is 1.48. The van der Waals surface area contributed by atoms with Crippen LogP contribution in [0.5, 0.6) is 0 Å². The van der Waals surface area contributed by atoms with Crippen molar-refractivity contribution < 1.29 is 22.7 Å². The summed E-state index contributed by atoms with van der Waals surface area (Å²) in [4.78, 5) is 29.5. The standard InChI is InChI=1S/C24H26N4O5S/c1-16-14-28(15-17(2)33-16)34(31,32)21-6-4-5-19(13-21)24(30)26-20-9-7-18(8-10-20)22(29)23-25-11-12-27(23)3/h4-13,16-17H,14-15H2,1-3H3,(H,26,30)/t16-,17+. The van der Waals surface area contributed by atoms with Gasteiger partial charge in [0, 0.05) is 49.3 Å². The predicted octanol–water partition coefficient (Wildman–Crippen LogP) is 2.70. The van der Waals surface area contributed by atoms with Gasteiger partial charge in [-0.15, -0.1) is 0 Å². The monoisotopic (exact) mass is 482 g/mol. The fourth-order valence-corrected chi connectivity index (χ4v) is 5.53. The van der Waals surface area contributed by atoms with E-state index in [2.05, 4.69) is 10.3 Å². The second-order valence-electron chi connectivity index (χ2n) is 8.33. The smallest absolute Gasteiger partial charge is 0.255 e. The number of aromatic nitrogens is 2. The van der Waals surface area contributed by atoms with Gasteiger partial charge in [0.1, 0.15) is 0 Å². The van der Waals surface area contributed by atoms with E-state index >= 15 is 0 Å².